The van der Waals surface area contributed by atoms with Crippen molar-refractivity contribution in [3.05, 3.63) is 18.0 Å². The molecule has 0 aliphatic carbocycles. The average Bonchev–Trinajstić information content (AvgIpc) is 2.52. The summed E-state index contributed by atoms with van der Waals surface area (Å²) < 4.78 is 26.0. The molecule has 6 heteroatoms. The van der Waals surface area contributed by atoms with Gasteiger partial charge in [0.2, 0.25) is 0 Å². The monoisotopic (exact) mass is 260 g/mol. The molecular weight excluding hydrogens is 238 g/mol. The second-order valence-electron chi connectivity index (χ2n) is 4.74. The zero-order valence-electron chi connectivity index (χ0n) is 11.0. The Morgan fingerprint density at radius 3 is 2.65 bits per heavy atom. The van der Waals surface area contributed by atoms with Gasteiger partial charge in [-0.05, 0) is 0 Å². The van der Waals surface area contributed by atoms with Crippen LogP contribution in [0, 0.1) is 0 Å². The molecule has 98 valence electrons. The summed E-state index contributed by atoms with van der Waals surface area (Å²) in [7, 11) is -0.988. The van der Waals surface area contributed by atoms with E-state index in [1.54, 1.807) is 0 Å². The summed E-state index contributed by atoms with van der Waals surface area (Å²) >= 11 is 0. The lowest BCUT2D eigenvalue weighted by atomic mass is 10.3. The largest absolute Gasteiger partial charge is 0.310 e. The Morgan fingerprint density at radius 1 is 1.47 bits per heavy atom. The fourth-order valence-corrected chi connectivity index (χ4v) is 2.04. The number of nitrogens with zero attached hydrogens (tertiary/aromatic N) is 2. The van der Waals surface area contributed by atoms with Crippen molar-refractivity contribution in [1.82, 2.24) is 10.00 Å². The molecule has 0 radical (unpaired) electrons. The number of aryl methyl sites for hydroxylation is 2. The van der Waals surface area contributed by atoms with Crippen molar-refractivity contribution in [1.29, 1.82) is 0 Å². The predicted octanol–water partition coefficient (Wildman–Crippen LogP) is -0.145. The first-order valence-corrected chi connectivity index (χ1v) is 7.80. The first kappa shape index (κ1) is 14.2. The third kappa shape index (κ3) is 5.32. The number of hydrogen-bond acceptors (Lipinski definition) is 3. The second-order valence-corrected chi connectivity index (χ2v) is 7.00. The SMILES string of the molecule is CC(C)NCc1cn(CCS(C)(=O)=O)[n+](C)c1. The minimum absolute atomic E-state index is 0.173. The Kier molecular flexibility index (Phi) is 4.70. The maximum Gasteiger partial charge on any atom is 0.199 e. The zero-order valence-corrected chi connectivity index (χ0v) is 11.8. The van der Waals surface area contributed by atoms with Crippen LogP contribution in [0.3, 0.4) is 0 Å². The zero-order chi connectivity index (χ0) is 13.1. The first-order chi connectivity index (χ1) is 7.78. The van der Waals surface area contributed by atoms with Crippen LogP contribution in [0.1, 0.15) is 19.4 Å². The van der Waals surface area contributed by atoms with Crippen LogP contribution in [0.25, 0.3) is 0 Å². The molecule has 1 rings (SSSR count). The number of sulfone groups is 1. The lowest BCUT2D eigenvalue weighted by molar-refractivity contribution is -0.753. The third-order valence-corrected chi connectivity index (χ3v) is 3.40. The Hall–Kier alpha value is -0.880. The minimum atomic E-state index is -2.91. The van der Waals surface area contributed by atoms with Crippen LogP contribution in [0.15, 0.2) is 12.4 Å². The van der Waals surface area contributed by atoms with Crippen molar-refractivity contribution in [2.75, 3.05) is 12.0 Å². The Bertz CT molecular complexity index is 463. The summed E-state index contributed by atoms with van der Waals surface area (Å²) in [5.74, 6) is 0.173. The maximum absolute atomic E-state index is 11.1. The molecule has 17 heavy (non-hydrogen) atoms. The van der Waals surface area contributed by atoms with Gasteiger partial charge in [0.25, 0.3) is 0 Å². The van der Waals surface area contributed by atoms with Gasteiger partial charge >= 0.3 is 0 Å². The summed E-state index contributed by atoms with van der Waals surface area (Å²) in [6.45, 7) is 5.50. The van der Waals surface area contributed by atoms with Gasteiger partial charge in [-0.25, -0.2) is 8.42 Å². The van der Waals surface area contributed by atoms with Gasteiger partial charge in [0, 0.05) is 18.8 Å². The molecule has 0 saturated heterocycles. The van der Waals surface area contributed by atoms with E-state index in [-0.39, 0.29) is 5.75 Å². The van der Waals surface area contributed by atoms with Crippen molar-refractivity contribution in [2.24, 2.45) is 7.05 Å². The van der Waals surface area contributed by atoms with E-state index in [1.807, 2.05) is 28.8 Å². The molecule has 0 amide bonds. The molecule has 0 aliphatic rings. The summed E-state index contributed by atoms with van der Waals surface area (Å²) in [6.07, 6.45) is 5.26. The van der Waals surface area contributed by atoms with Gasteiger partial charge in [0.15, 0.2) is 13.2 Å². The van der Waals surface area contributed by atoms with Gasteiger partial charge in [0.05, 0.1) is 24.1 Å². The van der Waals surface area contributed by atoms with Crippen molar-refractivity contribution in [3.63, 3.8) is 0 Å². The highest BCUT2D eigenvalue weighted by Crippen LogP contribution is 1.97. The van der Waals surface area contributed by atoms with Crippen LogP contribution in [0.5, 0.6) is 0 Å². The lowest BCUT2D eigenvalue weighted by Gasteiger charge is -2.04. The van der Waals surface area contributed by atoms with Gasteiger partial charge in [-0.15, -0.1) is 4.68 Å². The number of rotatable bonds is 6. The summed E-state index contributed by atoms with van der Waals surface area (Å²) in [5.41, 5.74) is 1.16. The molecule has 1 N–H and O–H groups in total. The van der Waals surface area contributed by atoms with Crippen molar-refractivity contribution < 1.29 is 13.1 Å². The summed E-state index contributed by atoms with van der Waals surface area (Å²) in [5, 5.41) is 3.33. The van der Waals surface area contributed by atoms with E-state index in [0.717, 1.165) is 12.1 Å². The van der Waals surface area contributed by atoms with E-state index < -0.39 is 9.84 Å². The van der Waals surface area contributed by atoms with Crippen molar-refractivity contribution >= 4 is 9.84 Å². The van der Waals surface area contributed by atoms with E-state index >= 15 is 0 Å². The smallest absolute Gasteiger partial charge is 0.199 e. The second kappa shape index (κ2) is 5.64. The van der Waals surface area contributed by atoms with Gasteiger partial charge < -0.3 is 5.32 Å². The van der Waals surface area contributed by atoms with Gasteiger partial charge in [-0.3, -0.25) is 0 Å². The summed E-state index contributed by atoms with van der Waals surface area (Å²) in [4.78, 5) is 0. The van der Waals surface area contributed by atoms with Crippen molar-refractivity contribution in [3.8, 4) is 0 Å². The molecule has 0 atom stereocenters. The Morgan fingerprint density at radius 2 is 2.12 bits per heavy atom. The molecule has 0 fully saturated rings. The standard InChI is InChI=1S/C11H22N3O2S/c1-10(2)12-7-11-8-13(3)14(9-11)5-6-17(4,15)16/h8-10,12H,5-7H2,1-4H3/q+1. The van der Waals surface area contributed by atoms with E-state index in [4.69, 9.17) is 0 Å². The van der Waals surface area contributed by atoms with Crippen molar-refractivity contribution in [2.45, 2.75) is 33.0 Å². The van der Waals surface area contributed by atoms with Gasteiger partial charge in [0.1, 0.15) is 9.84 Å². The normalized spacial score (nSPS) is 12.3. The maximum atomic E-state index is 11.1. The molecule has 0 aliphatic heterocycles. The quantitative estimate of drug-likeness (QED) is 0.724. The highest BCUT2D eigenvalue weighted by Gasteiger charge is 2.11. The fourth-order valence-electron chi connectivity index (χ4n) is 1.52. The molecule has 1 heterocycles. The van der Waals surface area contributed by atoms with Gasteiger partial charge in [-0.1, -0.05) is 13.8 Å². The molecule has 0 bridgehead atoms. The van der Waals surface area contributed by atoms with Gasteiger partial charge in [-0.2, -0.15) is 4.68 Å². The highest BCUT2D eigenvalue weighted by atomic mass is 32.2. The van der Waals surface area contributed by atoms with Crippen LogP contribution in [0.4, 0.5) is 0 Å². The average molecular weight is 260 g/mol. The summed E-state index contributed by atoms with van der Waals surface area (Å²) in [6, 6.07) is 0.444. The predicted molar refractivity (Wildman–Crippen MR) is 67.3 cm³/mol. The molecular formula is C11H22N3O2S+. The third-order valence-electron chi connectivity index (χ3n) is 2.48. The first-order valence-electron chi connectivity index (χ1n) is 5.74. The van der Waals surface area contributed by atoms with Crippen LogP contribution in [-0.2, 0) is 30.0 Å². The number of hydrogen-bond donors (Lipinski definition) is 1. The van der Waals surface area contributed by atoms with Crippen LogP contribution >= 0.6 is 0 Å². The molecule has 1 aromatic rings. The molecule has 0 unspecified atom stereocenters. The van der Waals surface area contributed by atoms with Crippen LogP contribution in [0.2, 0.25) is 0 Å². The fraction of sp³-hybridized carbons (Fsp3) is 0.727. The van der Waals surface area contributed by atoms with E-state index in [2.05, 4.69) is 19.2 Å². The molecule has 1 aromatic heterocycles. The molecule has 0 saturated carbocycles. The Balaban J connectivity index is 2.62. The van der Waals surface area contributed by atoms with Crippen LogP contribution in [-0.4, -0.2) is 31.2 Å². The molecule has 5 nitrogen and oxygen atoms in total. The molecule has 0 spiro atoms. The highest BCUT2D eigenvalue weighted by molar-refractivity contribution is 7.90. The van der Waals surface area contributed by atoms with E-state index in [9.17, 15) is 8.42 Å². The van der Waals surface area contributed by atoms with E-state index in [1.165, 1.54) is 6.26 Å². The van der Waals surface area contributed by atoms with Crippen LogP contribution < -0.4 is 10.00 Å². The number of nitrogens with one attached hydrogen (secondary N) is 1. The Labute approximate surface area is 103 Å². The lowest BCUT2D eigenvalue weighted by Crippen LogP contribution is -2.39. The minimum Gasteiger partial charge on any atom is -0.310 e. The number of aromatic nitrogens is 2. The van der Waals surface area contributed by atoms with E-state index in [0.29, 0.717) is 12.6 Å². The molecule has 0 aromatic carbocycles. The topological polar surface area (TPSA) is 55.0 Å².